The molecular weight excluding hydrogens is 390 g/mol. The second kappa shape index (κ2) is 7.14. The minimum absolute atomic E-state index is 0.172. The molecule has 0 fully saturated rings. The molecule has 29 heavy (non-hydrogen) atoms. The van der Waals surface area contributed by atoms with Crippen molar-refractivity contribution in [1.29, 1.82) is 0 Å². The molecule has 9 heteroatoms. The van der Waals surface area contributed by atoms with Crippen molar-refractivity contribution in [2.24, 2.45) is 5.73 Å². The summed E-state index contributed by atoms with van der Waals surface area (Å²) >= 11 is 0. The van der Waals surface area contributed by atoms with Crippen LogP contribution in [0.3, 0.4) is 0 Å². The number of hydrogen-bond donors (Lipinski definition) is 2. The fourth-order valence-corrected chi connectivity index (χ4v) is 4.41. The topological polar surface area (TPSA) is 120 Å². The molecule has 0 aliphatic rings. The van der Waals surface area contributed by atoms with Crippen molar-refractivity contribution in [2.45, 2.75) is 50.8 Å². The van der Waals surface area contributed by atoms with E-state index in [0.29, 0.717) is 34.5 Å². The van der Waals surface area contributed by atoms with Gasteiger partial charge in [0.2, 0.25) is 0 Å². The van der Waals surface area contributed by atoms with E-state index in [0.717, 1.165) is 0 Å². The fraction of sp³-hybridized carbons (Fsp3) is 0.350. The van der Waals surface area contributed by atoms with Gasteiger partial charge in [0.05, 0.1) is 32.6 Å². The van der Waals surface area contributed by atoms with E-state index < -0.39 is 20.5 Å². The Labute approximate surface area is 170 Å². The summed E-state index contributed by atoms with van der Waals surface area (Å²) in [4.78, 5) is 16.6. The van der Waals surface area contributed by atoms with E-state index in [1.165, 1.54) is 6.20 Å². The Morgan fingerprint density at radius 1 is 1.28 bits per heavy atom. The molecule has 0 aliphatic carbocycles. The predicted molar refractivity (Wildman–Crippen MR) is 113 cm³/mol. The van der Waals surface area contributed by atoms with Gasteiger partial charge in [0, 0.05) is 24.2 Å². The molecule has 0 atom stereocenters. The van der Waals surface area contributed by atoms with Crippen molar-refractivity contribution in [1.82, 2.24) is 14.8 Å². The lowest BCUT2D eigenvalue weighted by atomic mass is 10.1. The Balaban J connectivity index is 2.35. The van der Waals surface area contributed by atoms with Gasteiger partial charge in [-0.3, -0.25) is 9.78 Å². The molecule has 154 valence electrons. The van der Waals surface area contributed by atoms with Crippen LogP contribution < -0.4 is 11.1 Å². The van der Waals surface area contributed by atoms with Gasteiger partial charge in [0.1, 0.15) is 5.82 Å². The van der Waals surface area contributed by atoms with Gasteiger partial charge in [0.25, 0.3) is 5.91 Å². The molecule has 0 spiro atoms. The van der Waals surface area contributed by atoms with Crippen LogP contribution in [-0.2, 0) is 16.4 Å². The van der Waals surface area contributed by atoms with E-state index in [1.807, 2.05) is 6.92 Å². The molecule has 1 amide bonds. The first-order valence-corrected chi connectivity index (χ1v) is 10.7. The number of nitrogens with two attached hydrogens (primary N) is 1. The maximum Gasteiger partial charge on any atom is 0.252 e. The molecule has 3 aromatic rings. The first-order chi connectivity index (χ1) is 13.5. The van der Waals surface area contributed by atoms with Crippen LogP contribution in [-0.4, -0.2) is 33.8 Å². The maximum absolute atomic E-state index is 13.1. The number of anilines is 2. The number of pyridine rings is 1. The highest BCUT2D eigenvalue weighted by Crippen LogP contribution is 2.35. The summed E-state index contributed by atoms with van der Waals surface area (Å²) < 4.78 is 26.8. The molecule has 0 saturated carbocycles. The zero-order valence-corrected chi connectivity index (χ0v) is 18.0. The molecule has 2 heterocycles. The summed E-state index contributed by atoms with van der Waals surface area (Å²) in [6, 6.07) is 4.93. The van der Waals surface area contributed by atoms with Crippen molar-refractivity contribution in [3.63, 3.8) is 0 Å². The fourth-order valence-electron chi connectivity index (χ4n) is 3.10. The van der Waals surface area contributed by atoms with Crippen molar-refractivity contribution >= 4 is 38.2 Å². The second-order valence-electron chi connectivity index (χ2n) is 7.82. The van der Waals surface area contributed by atoms with Gasteiger partial charge in [-0.05, 0) is 52.3 Å². The minimum atomic E-state index is -3.60. The lowest BCUT2D eigenvalue weighted by Gasteiger charge is -2.21. The number of sulfone groups is 1. The number of nitrogens with zero attached hydrogens (tertiary/aromatic N) is 3. The van der Waals surface area contributed by atoms with E-state index >= 15 is 0 Å². The number of aryl methyl sites for hydroxylation is 2. The monoisotopic (exact) mass is 415 g/mol. The lowest BCUT2D eigenvalue weighted by Crippen LogP contribution is -2.28. The van der Waals surface area contributed by atoms with Crippen molar-refractivity contribution in [2.75, 3.05) is 5.32 Å². The number of nitrogens with one attached hydrogen (secondary N) is 1. The molecule has 1 aromatic carbocycles. The van der Waals surface area contributed by atoms with Gasteiger partial charge in [-0.1, -0.05) is 0 Å². The molecule has 0 bridgehead atoms. The number of carbonyl (C=O) groups excluding carboxylic acids is 1. The van der Waals surface area contributed by atoms with E-state index in [9.17, 15) is 13.2 Å². The minimum Gasteiger partial charge on any atom is -0.365 e. The zero-order valence-electron chi connectivity index (χ0n) is 17.1. The normalized spacial score (nSPS) is 12.3. The third-order valence-electron chi connectivity index (χ3n) is 4.79. The van der Waals surface area contributed by atoms with E-state index in [-0.39, 0.29) is 10.5 Å². The van der Waals surface area contributed by atoms with Crippen LogP contribution in [0, 0.1) is 6.92 Å². The SMILES string of the molecule is CCn1nccc1Nc1c(C(N)=O)cnc2c(C)cc(S(=O)(=O)C(C)(C)C)cc12. The molecule has 0 aliphatic heterocycles. The summed E-state index contributed by atoms with van der Waals surface area (Å²) in [7, 11) is -3.60. The van der Waals surface area contributed by atoms with Crippen molar-refractivity contribution in [3.8, 4) is 0 Å². The molecule has 0 unspecified atom stereocenters. The molecule has 0 saturated heterocycles. The Kier molecular flexibility index (Phi) is 5.12. The third kappa shape index (κ3) is 3.57. The summed E-state index contributed by atoms with van der Waals surface area (Å²) in [5.74, 6) is -0.00423. The maximum atomic E-state index is 13.1. The molecule has 2 aromatic heterocycles. The average molecular weight is 416 g/mol. The van der Waals surface area contributed by atoms with Gasteiger partial charge in [-0.25, -0.2) is 13.1 Å². The van der Waals surface area contributed by atoms with E-state index in [4.69, 9.17) is 5.73 Å². The highest BCUT2D eigenvalue weighted by Gasteiger charge is 2.32. The third-order valence-corrected chi connectivity index (χ3v) is 7.26. The Morgan fingerprint density at radius 3 is 2.55 bits per heavy atom. The number of primary amides is 1. The lowest BCUT2D eigenvalue weighted by molar-refractivity contribution is 0.100. The molecule has 0 radical (unpaired) electrons. The second-order valence-corrected chi connectivity index (χ2v) is 10.5. The Bertz CT molecular complexity index is 1210. The average Bonchev–Trinajstić information content (AvgIpc) is 3.08. The molecular formula is C20H25N5O3S. The highest BCUT2D eigenvalue weighted by atomic mass is 32.2. The first-order valence-electron chi connectivity index (χ1n) is 9.24. The summed E-state index contributed by atoms with van der Waals surface area (Å²) in [5.41, 5.74) is 7.44. The number of carbonyl (C=O) groups is 1. The molecule has 3 N–H and O–H groups in total. The van der Waals surface area contributed by atoms with Crippen LogP contribution in [0.4, 0.5) is 11.5 Å². The number of aromatic nitrogens is 3. The Morgan fingerprint density at radius 2 is 1.97 bits per heavy atom. The quantitative estimate of drug-likeness (QED) is 0.660. The largest absolute Gasteiger partial charge is 0.365 e. The smallest absolute Gasteiger partial charge is 0.252 e. The van der Waals surface area contributed by atoms with E-state index in [1.54, 1.807) is 56.8 Å². The van der Waals surface area contributed by atoms with Gasteiger partial charge in [-0.2, -0.15) is 5.10 Å². The number of hydrogen-bond acceptors (Lipinski definition) is 6. The van der Waals surface area contributed by atoms with Gasteiger partial charge in [0.15, 0.2) is 9.84 Å². The Hall–Kier alpha value is -2.94. The predicted octanol–water partition coefficient (Wildman–Crippen LogP) is 3.17. The van der Waals surface area contributed by atoms with Crippen LogP contribution in [0.5, 0.6) is 0 Å². The number of benzene rings is 1. The summed E-state index contributed by atoms with van der Waals surface area (Å²) in [5, 5.41) is 7.93. The first kappa shape index (κ1) is 20.8. The molecule has 3 rings (SSSR count). The van der Waals surface area contributed by atoms with Gasteiger partial charge >= 0.3 is 0 Å². The van der Waals surface area contributed by atoms with Crippen LogP contribution in [0.15, 0.2) is 35.5 Å². The molecule has 8 nitrogen and oxygen atoms in total. The zero-order chi connectivity index (χ0) is 21.6. The van der Waals surface area contributed by atoms with Crippen LogP contribution >= 0.6 is 0 Å². The van der Waals surface area contributed by atoms with Gasteiger partial charge in [-0.15, -0.1) is 0 Å². The summed E-state index contributed by atoms with van der Waals surface area (Å²) in [6.07, 6.45) is 3.05. The number of rotatable bonds is 5. The van der Waals surface area contributed by atoms with Crippen LogP contribution in [0.25, 0.3) is 10.9 Å². The van der Waals surface area contributed by atoms with E-state index in [2.05, 4.69) is 15.4 Å². The standard InChI is InChI=1S/C20H25N5O3S/c1-6-25-16(7-8-23-25)24-18-14-10-13(29(27,28)20(3,4)5)9-12(2)17(14)22-11-15(18)19(21)26/h7-11H,6H2,1-5H3,(H2,21,26)(H,22,24). The van der Waals surface area contributed by atoms with Gasteiger partial charge < -0.3 is 11.1 Å². The number of fused-ring (bicyclic) bond motifs is 1. The van der Waals surface area contributed by atoms with Crippen molar-refractivity contribution < 1.29 is 13.2 Å². The van der Waals surface area contributed by atoms with Crippen LogP contribution in [0.2, 0.25) is 0 Å². The van der Waals surface area contributed by atoms with Crippen LogP contribution in [0.1, 0.15) is 43.6 Å². The highest BCUT2D eigenvalue weighted by molar-refractivity contribution is 7.92. The van der Waals surface area contributed by atoms with Crippen molar-refractivity contribution in [3.05, 3.63) is 41.7 Å². The number of amides is 1. The summed E-state index contributed by atoms with van der Waals surface area (Å²) in [6.45, 7) is 9.31.